The molecule has 0 saturated carbocycles. The monoisotopic (exact) mass is 426 g/mol. The van der Waals surface area contributed by atoms with E-state index >= 15 is 0 Å². The summed E-state index contributed by atoms with van der Waals surface area (Å²) >= 11 is 0. The molecule has 1 aromatic carbocycles. The van der Waals surface area contributed by atoms with E-state index in [4.69, 9.17) is 4.74 Å². The average Bonchev–Trinajstić information content (AvgIpc) is 3.12. The first-order chi connectivity index (χ1) is 14.5. The Balaban J connectivity index is 1.95. The van der Waals surface area contributed by atoms with Crippen molar-refractivity contribution in [3.63, 3.8) is 0 Å². The number of likely N-dealkylation sites (tertiary alicyclic amines) is 1. The number of carbonyl (C=O) groups is 1. The summed E-state index contributed by atoms with van der Waals surface area (Å²) in [6.07, 6.45) is 3.20. The van der Waals surface area contributed by atoms with Gasteiger partial charge in [-0.3, -0.25) is 4.79 Å². The standard InChI is InChI=1S/C21H32F2N4O3/c1-3-13-29-17-9-8-16(18(14-17)30-20(22)23)15-26-21(24-4-2)25-10-6-12-27-11-5-7-19(27)28/h8-9,14,20H,3-7,10-13,15H2,1-2H3,(H2,24,25,26). The summed E-state index contributed by atoms with van der Waals surface area (Å²) in [5, 5.41) is 6.35. The van der Waals surface area contributed by atoms with Crippen molar-refractivity contribution in [2.75, 3.05) is 32.8 Å². The third-order valence-electron chi connectivity index (χ3n) is 4.55. The lowest BCUT2D eigenvalue weighted by atomic mass is 10.2. The quantitative estimate of drug-likeness (QED) is 0.305. The molecule has 1 amide bonds. The maximum atomic E-state index is 12.8. The van der Waals surface area contributed by atoms with Gasteiger partial charge in [0.1, 0.15) is 11.5 Å². The van der Waals surface area contributed by atoms with Crippen LogP contribution >= 0.6 is 0 Å². The Morgan fingerprint density at radius 2 is 2.13 bits per heavy atom. The Morgan fingerprint density at radius 1 is 1.30 bits per heavy atom. The normalized spacial score (nSPS) is 14.4. The van der Waals surface area contributed by atoms with Gasteiger partial charge in [0.25, 0.3) is 0 Å². The van der Waals surface area contributed by atoms with Gasteiger partial charge in [0.15, 0.2) is 5.96 Å². The summed E-state index contributed by atoms with van der Waals surface area (Å²) in [7, 11) is 0. The van der Waals surface area contributed by atoms with Gasteiger partial charge in [-0.25, -0.2) is 4.99 Å². The number of alkyl halides is 2. The Morgan fingerprint density at radius 3 is 2.80 bits per heavy atom. The molecule has 7 nitrogen and oxygen atoms in total. The molecule has 1 fully saturated rings. The van der Waals surface area contributed by atoms with Gasteiger partial charge in [-0.2, -0.15) is 8.78 Å². The summed E-state index contributed by atoms with van der Waals surface area (Å²) in [4.78, 5) is 18.0. The number of nitrogens with one attached hydrogen (secondary N) is 2. The molecule has 2 rings (SSSR count). The van der Waals surface area contributed by atoms with Crippen molar-refractivity contribution < 1.29 is 23.0 Å². The number of amides is 1. The number of benzene rings is 1. The molecule has 1 aromatic rings. The van der Waals surface area contributed by atoms with Crippen LogP contribution in [0.2, 0.25) is 0 Å². The van der Waals surface area contributed by atoms with Crippen LogP contribution < -0.4 is 20.1 Å². The zero-order chi connectivity index (χ0) is 21.8. The van der Waals surface area contributed by atoms with Crippen LogP contribution in [0.25, 0.3) is 0 Å². The number of aliphatic imine (C=N–C) groups is 1. The number of nitrogens with zero attached hydrogens (tertiary/aromatic N) is 2. The molecule has 1 aliphatic heterocycles. The lowest BCUT2D eigenvalue weighted by molar-refractivity contribution is -0.127. The molecule has 2 N–H and O–H groups in total. The summed E-state index contributed by atoms with van der Waals surface area (Å²) in [6, 6.07) is 4.89. The van der Waals surface area contributed by atoms with Crippen LogP contribution in [0.15, 0.2) is 23.2 Å². The van der Waals surface area contributed by atoms with Gasteiger partial charge >= 0.3 is 6.61 Å². The largest absolute Gasteiger partial charge is 0.493 e. The second-order valence-electron chi connectivity index (χ2n) is 6.96. The van der Waals surface area contributed by atoms with Gasteiger partial charge in [-0.1, -0.05) is 6.92 Å². The summed E-state index contributed by atoms with van der Waals surface area (Å²) < 4.78 is 35.8. The second kappa shape index (κ2) is 12.9. The highest BCUT2D eigenvalue weighted by Gasteiger charge is 2.19. The smallest absolute Gasteiger partial charge is 0.387 e. The molecule has 1 aliphatic rings. The number of hydrogen-bond acceptors (Lipinski definition) is 4. The van der Waals surface area contributed by atoms with E-state index < -0.39 is 6.61 Å². The fourth-order valence-electron chi connectivity index (χ4n) is 3.10. The third-order valence-corrected chi connectivity index (χ3v) is 4.55. The number of halogens is 2. The summed E-state index contributed by atoms with van der Waals surface area (Å²) in [5.41, 5.74) is 0.541. The Bertz CT molecular complexity index is 701. The van der Waals surface area contributed by atoms with E-state index in [0.29, 0.717) is 43.4 Å². The predicted molar refractivity (Wildman–Crippen MR) is 112 cm³/mol. The van der Waals surface area contributed by atoms with E-state index in [9.17, 15) is 13.6 Å². The summed E-state index contributed by atoms with van der Waals surface area (Å²) in [6.45, 7) is 4.55. The van der Waals surface area contributed by atoms with Crippen LogP contribution in [0.5, 0.6) is 11.5 Å². The molecule has 168 valence electrons. The van der Waals surface area contributed by atoms with Gasteiger partial charge < -0.3 is 25.0 Å². The Kier molecular flexibility index (Phi) is 10.2. The predicted octanol–water partition coefficient (Wildman–Crippen LogP) is 3.14. The maximum Gasteiger partial charge on any atom is 0.387 e. The number of ether oxygens (including phenoxy) is 2. The highest BCUT2D eigenvalue weighted by atomic mass is 19.3. The number of hydrogen-bond donors (Lipinski definition) is 2. The number of carbonyl (C=O) groups excluding carboxylic acids is 1. The van der Waals surface area contributed by atoms with E-state index in [0.717, 1.165) is 32.4 Å². The molecule has 0 radical (unpaired) electrons. The van der Waals surface area contributed by atoms with Crippen LogP contribution in [-0.4, -0.2) is 56.2 Å². The van der Waals surface area contributed by atoms with Gasteiger partial charge in [-0.15, -0.1) is 0 Å². The third kappa shape index (κ3) is 8.04. The van der Waals surface area contributed by atoms with Gasteiger partial charge in [-0.05, 0) is 38.3 Å². The fourth-order valence-corrected chi connectivity index (χ4v) is 3.10. The molecule has 1 saturated heterocycles. The van der Waals surface area contributed by atoms with Gasteiger partial charge in [0.05, 0.1) is 13.2 Å². The van der Waals surface area contributed by atoms with E-state index in [-0.39, 0.29) is 18.2 Å². The van der Waals surface area contributed by atoms with Crippen LogP contribution in [0.1, 0.15) is 45.1 Å². The first-order valence-electron chi connectivity index (χ1n) is 10.5. The van der Waals surface area contributed by atoms with E-state index in [1.54, 1.807) is 12.1 Å². The lowest BCUT2D eigenvalue weighted by Gasteiger charge is -2.17. The molecule has 1 heterocycles. The molecule has 0 aromatic heterocycles. The Hall–Kier alpha value is -2.58. The SMILES string of the molecule is CCCOc1ccc(CN=C(NCC)NCCCN2CCCC2=O)c(OC(F)F)c1. The minimum Gasteiger partial charge on any atom is -0.493 e. The van der Waals surface area contributed by atoms with Gasteiger partial charge in [0.2, 0.25) is 5.91 Å². The van der Waals surface area contributed by atoms with Crippen LogP contribution in [0.3, 0.4) is 0 Å². The maximum absolute atomic E-state index is 12.8. The molecule has 0 unspecified atom stereocenters. The second-order valence-corrected chi connectivity index (χ2v) is 6.96. The minimum atomic E-state index is -2.92. The number of rotatable bonds is 12. The van der Waals surface area contributed by atoms with Crippen LogP contribution in [0, 0.1) is 0 Å². The van der Waals surface area contributed by atoms with E-state index in [2.05, 4.69) is 20.4 Å². The van der Waals surface area contributed by atoms with Crippen molar-refractivity contribution in [3.05, 3.63) is 23.8 Å². The van der Waals surface area contributed by atoms with Crippen LogP contribution in [-0.2, 0) is 11.3 Å². The molecule has 0 atom stereocenters. The summed E-state index contributed by atoms with van der Waals surface area (Å²) in [5.74, 6) is 1.35. The average molecular weight is 427 g/mol. The zero-order valence-electron chi connectivity index (χ0n) is 17.8. The van der Waals surface area contributed by atoms with Crippen molar-refractivity contribution >= 4 is 11.9 Å². The highest BCUT2D eigenvalue weighted by Crippen LogP contribution is 2.27. The molecule has 9 heteroatoms. The molecule has 0 spiro atoms. The van der Waals surface area contributed by atoms with Crippen molar-refractivity contribution in [1.29, 1.82) is 0 Å². The van der Waals surface area contributed by atoms with Crippen molar-refractivity contribution in [1.82, 2.24) is 15.5 Å². The molecular formula is C21H32F2N4O3. The Labute approximate surface area is 176 Å². The van der Waals surface area contributed by atoms with E-state index in [1.807, 2.05) is 18.7 Å². The molecule has 0 bridgehead atoms. The molecule has 0 aliphatic carbocycles. The van der Waals surface area contributed by atoms with Gasteiger partial charge in [0, 0.05) is 44.2 Å². The first-order valence-corrected chi connectivity index (χ1v) is 10.5. The minimum absolute atomic E-state index is 0.0609. The highest BCUT2D eigenvalue weighted by molar-refractivity contribution is 5.80. The lowest BCUT2D eigenvalue weighted by Crippen LogP contribution is -2.39. The van der Waals surface area contributed by atoms with Crippen molar-refractivity contribution in [3.8, 4) is 11.5 Å². The molecular weight excluding hydrogens is 394 g/mol. The van der Waals surface area contributed by atoms with Crippen LogP contribution in [0.4, 0.5) is 8.78 Å². The molecule has 30 heavy (non-hydrogen) atoms. The fraction of sp³-hybridized carbons (Fsp3) is 0.619. The number of guanidine groups is 1. The van der Waals surface area contributed by atoms with E-state index in [1.165, 1.54) is 6.07 Å². The zero-order valence-corrected chi connectivity index (χ0v) is 17.8. The van der Waals surface area contributed by atoms with Crippen molar-refractivity contribution in [2.24, 2.45) is 4.99 Å². The first kappa shape index (κ1) is 23.7. The van der Waals surface area contributed by atoms with Crippen molar-refractivity contribution in [2.45, 2.75) is 52.7 Å². The topological polar surface area (TPSA) is 75.2 Å².